The molecule has 0 unspecified atom stereocenters. The van der Waals surface area contributed by atoms with Crippen molar-refractivity contribution in [1.82, 2.24) is 18.8 Å². The van der Waals surface area contributed by atoms with Crippen molar-refractivity contribution in [2.24, 2.45) is 0 Å². The molecular formula is C22H26N4O4S. The summed E-state index contributed by atoms with van der Waals surface area (Å²) in [6, 6.07) is 13.0. The molecule has 0 atom stereocenters. The Morgan fingerprint density at radius 1 is 1.03 bits per heavy atom. The van der Waals surface area contributed by atoms with Crippen LogP contribution in [0.25, 0.3) is 11.0 Å². The summed E-state index contributed by atoms with van der Waals surface area (Å²) in [4.78, 5) is 28.0. The highest BCUT2D eigenvalue weighted by Gasteiger charge is 2.26. The van der Waals surface area contributed by atoms with E-state index < -0.39 is 15.7 Å². The van der Waals surface area contributed by atoms with Crippen LogP contribution < -0.4 is 11.0 Å². The number of hydrogen-bond donors (Lipinski definition) is 1. The monoisotopic (exact) mass is 442 g/mol. The number of para-hydroxylation sites is 2. The standard InChI is InChI=1S/C22H26N4O4S/c1-17-7-6-8-18(15-17)31(29,30)26-20-10-3-2-9-19(20)25(22(26)28)16-21(27)23-11-14-24-12-4-5-13-24/h2-3,6-10,15H,4-5,11-14,16H2,1H3,(H,23,27). The van der Waals surface area contributed by atoms with Gasteiger partial charge in [-0.2, -0.15) is 3.97 Å². The first kappa shape index (κ1) is 21.3. The Morgan fingerprint density at radius 3 is 2.45 bits per heavy atom. The maximum absolute atomic E-state index is 13.3. The molecule has 0 aliphatic carbocycles. The number of aryl methyl sites for hydroxylation is 1. The number of benzene rings is 2. The zero-order chi connectivity index (χ0) is 22.0. The van der Waals surface area contributed by atoms with Gasteiger partial charge in [-0.1, -0.05) is 24.3 Å². The predicted molar refractivity (Wildman–Crippen MR) is 119 cm³/mol. The van der Waals surface area contributed by atoms with Gasteiger partial charge in [-0.15, -0.1) is 0 Å². The Kier molecular flexibility index (Phi) is 5.97. The lowest BCUT2D eigenvalue weighted by Crippen LogP contribution is -2.38. The number of nitrogens with one attached hydrogen (secondary N) is 1. The maximum atomic E-state index is 13.3. The highest BCUT2D eigenvalue weighted by Crippen LogP contribution is 2.20. The topological polar surface area (TPSA) is 93.4 Å². The van der Waals surface area contributed by atoms with Gasteiger partial charge >= 0.3 is 5.69 Å². The summed E-state index contributed by atoms with van der Waals surface area (Å²) in [6.07, 6.45) is 2.36. The van der Waals surface area contributed by atoms with Crippen LogP contribution >= 0.6 is 0 Å². The molecule has 1 saturated heterocycles. The molecule has 0 radical (unpaired) electrons. The van der Waals surface area contributed by atoms with Crippen LogP contribution in [0.3, 0.4) is 0 Å². The molecule has 0 spiro atoms. The van der Waals surface area contributed by atoms with E-state index in [0.717, 1.165) is 29.2 Å². The summed E-state index contributed by atoms with van der Waals surface area (Å²) in [6.45, 7) is 4.89. The van der Waals surface area contributed by atoms with Crippen LogP contribution in [0.4, 0.5) is 0 Å². The van der Waals surface area contributed by atoms with Crippen molar-refractivity contribution in [1.29, 1.82) is 0 Å². The number of fused-ring (bicyclic) bond motifs is 1. The Morgan fingerprint density at radius 2 is 1.74 bits per heavy atom. The molecule has 8 nitrogen and oxygen atoms in total. The summed E-state index contributed by atoms with van der Waals surface area (Å²) in [7, 11) is -4.12. The van der Waals surface area contributed by atoms with Gasteiger partial charge < -0.3 is 10.2 Å². The van der Waals surface area contributed by atoms with Crippen molar-refractivity contribution in [3.63, 3.8) is 0 Å². The van der Waals surface area contributed by atoms with Crippen LogP contribution in [0.2, 0.25) is 0 Å². The first-order valence-electron chi connectivity index (χ1n) is 10.4. The van der Waals surface area contributed by atoms with Crippen molar-refractivity contribution in [2.45, 2.75) is 31.2 Å². The fourth-order valence-corrected chi connectivity index (χ4v) is 5.52. The maximum Gasteiger partial charge on any atom is 0.343 e. The Labute approximate surface area is 181 Å². The number of amides is 1. The van der Waals surface area contributed by atoms with E-state index in [1.54, 1.807) is 43.3 Å². The third-order valence-electron chi connectivity index (χ3n) is 5.57. The number of hydrogen-bond acceptors (Lipinski definition) is 5. The van der Waals surface area contributed by atoms with Gasteiger partial charge in [-0.3, -0.25) is 9.36 Å². The van der Waals surface area contributed by atoms with Crippen LogP contribution in [-0.4, -0.2) is 53.9 Å². The van der Waals surface area contributed by atoms with Gasteiger partial charge in [0.1, 0.15) is 6.54 Å². The van der Waals surface area contributed by atoms with E-state index in [4.69, 9.17) is 0 Å². The molecule has 2 heterocycles. The quantitative estimate of drug-likeness (QED) is 0.599. The van der Waals surface area contributed by atoms with Gasteiger partial charge in [0.05, 0.1) is 15.9 Å². The molecule has 1 aromatic heterocycles. The largest absolute Gasteiger partial charge is 0.353 e. The lowest BCUT2D eigenvalue weighted by molar-refractivity contribution is -0.121. The van der Waals surface area contributed by atoms with Crippen LogP contribution in [0.1, 0.15) is 18.4 Å². The van der Waals surface area contributed by atoms with E-state index in [0.29, 0.717) is 12.1 Å². The Balaban J connectivity index is 1.64. The predicted octanol–water partition coefficient (Wildman–Crippen LogP) is 1.56. The van der Waals surface area contributed by atoms with Gasteiger partial charge in [0.25, 0.3) is 10.0 Å². The molecule has 1 fully saturated rings. The fraction of sp³-hybridized carbons (Fsp3) is 0.364. The van der Waals surface area contributed by atoms with Gasteiger partial charge in [-0.25, -0.2) is 13.2 Å². The fourth-order valence-electron chi connectivity index (χ4n) is 4.01. The molecule has 1 aliphatic heterocycles. The van der Waals surface area contributed by atoms with Gasteiger partial charge in [-0.05, 0) is 62.7 Å². The number of imidazole rings is 1. The van der Waals surface area contributed by atoms with Crippen LogP contribution in [0.5, 0.6) is 0 Å². The number of nitrogens with zero attached hydrogens (tertiary/aromatic N) is 3. The van der Waals surface area contributed by atoms with Crippen molar-refractivity contribution in [3.8, 4) is 0 Å². The molecule has 0 saturated carbocycles. The molecule has 2 aromatic carbocycles. The third-order valence-corrected chi connectivity index (χ3v) is 7.26. The van der Waals surface area contributed by atoms with E-state index in [1.807, 2.05) is 0 Å². The SMILES string of the molecule is Cc1cccc(S(=O)(=O)n2c(=O)n(CC(=O)NCCN3CCCC3)c3ccccc32)c1. The second-order valence-corrected chi connectivity index (χ2v) is 9.63. The van der Waals surface area contributed by atoms with Crippen molar-refractivity contribution >= 4 is 27.0 Å². The van der Waals surface area contributed by atoms with Crippen molar-refractivity contribution in [2.75, 3.05) is 26.2 Å². The van der Waals surface area contributed by atoms with E-state index in [1.165, 1.54) is 29.5 Å². The number of aromatic nitrogens is 2. The van der Waals surface area contributed by atoms with E-state index >= 15 is 0 Å². The van der Waals surface area contributed by atoms with E-state index in [9.17, 15) is 18.0 Å². The summed E-state index contributed by atoms with van der Waals surface area (Å²) in [5.74, 6) is -0.322. The molecule has 164 valence electrons. The molecule has 9 heteroatoms. The molecule has 3 aromatic rings. The molecule has 0 bridgehead atoms. The highest BCUT2D eigenvalue weighted by atomic mass is 32.2. The number of carbonyl (C=O) groups is 1. The molecule has 1 aliphatic rings. The molecular weight excluding hydrogens is 416 g/mol. The number of carbonyl (C=O) groups excluding carboxylic acids is 1. The zero-order valence-corrected chi connectivity index (χ0v) is 18.3. The minimum Gasteiger partial charge on any atom is -0.353 e. The summed E-state index contributed by atoms with van der Waals surface area (Å²) >= 11 is 0. The lowest BCUT2D eigenvalue weighted by atomic mass is 10.2. The van der Waals surface area contributed by atoms with Gasteiger partial charge in [0.2, 0.25) is 5.91 Å². The lowest BCUT2D eigenvalue weighted by Gasteiger charge is -2.14. The second kappa shape index (κ2) is 8.68. The normalized spacial score (nSPS) is 14.9. The average molecular weight is 443 g/mol. The minimum atomic E-state index is -4.12. The first-order chi connectivity index (χ1) is 14.9. The summed E-state index contributed by atoms with van der Waals surface area (Å²) in [5, 5.41) is 2.84. The zero-order valence-electron chi connectivity index (χ0n) is 17.5. The molecule has 4 rings (SSSR count). The van der Waals surface area contributed by atoms with Gasteiger partial charge in [0, 0.05) is 13.1 Å². The van der Waals surface area contributed by atoms with Crippen molar-refractivity contribution in [3.05, 3.63) is 64.6 Å². The van der Waals surface area contributed by atoms with Gasteiger partial charge in [0.15, 0.2) is 0 Å². The molecule has 1 N–H and O–H groups in total. The van der Waals surface area contributed by atoms with Crippen LogP contribution in [0.15, 0.2) is 58.2 Å². The summed E-state index contributed by atoms with van der Waals surface area (Å²) in [5.41, 5.74) is 0.671. The Hall–Kier alpha value is -2.91. The smallest absolute Gasteiger partial charge is 0.343 e. The van der Waals surface area contributed by atoms with Crippen molar-refractivity contribution < 1.29 is 13.2 Å². The molecule has 1 amide bonds. The van der Waals surface area contributed by atoms with Crippen LogP contribution in [0, 0.1) is 6.92 Å². The minimum absolute atomic E-state index is 0.0348. The second-order valence-electron chi connectivity index (χ2n) is 7.84. The molecule has 31 heavy (non-hydrogen) atoms. The highest BCUT2D eigenvalue weighted by molar-refractivity contribution is 7.90. The van der Waals surface area contributed by atoms with E-state index in [-0.39, 0.29) is 22.9 Å². The first-order valence-corrected chi connectivity index (χ1v) is 11.8. The summed E-state index contributed by atoms with van der Waals surface area (Å²) < 4.78 is 28.6. The number of rotatable bonds is 7. The van der Waals surface area contributed by atoms with E-state index in [2.05, 4.69) is 10.2 Å². The third kappa shape index (κ3) is 4.28. The number of likely N-dealkylation sites (tertiary alicyclic amines) is 1. The Bertz CT molecular complexity index is 1270. The average Bonchev–Trinajstić information content (AvgIpc) is 3.35. The van der Waals surface area contributed by atoms with Crippen LogP contribution in [-0.2, 0) is 21.4 Å².